The number of aromatic nitrogens is 3. The highest BCUT2D eigenvalue weighted by Crippen LogP contribution is 2.40. The molecule has 7 aromatic rings. The zero-order chi connectivity index (χ0) is 23.4. The molecule has 0 aliphatic rings. The lowest BCUT2D eigenvalue weighted by atomic mass is 9.98. The number of benzene rings is 4. The van der Waals surface area contributed by atoms with Gasteiger partial charge in [0.2, 0.25) is 0 Å². The van der Waals surface area contributed by atoms with Gasteiger partial charge in [0.05, 0.1) is 22.1 Å². The lowest BCUT2D eigenvalue weighted by Gasteiger charge is -2.08. The highest BCUT2D eigenvalue weighted by molar-refractivity contribution is 6.17. The third-order valence-corrected chi connectivity index (χ3v) is 6.90. The molecule has 35 heavy (non-hydrogen) atoms. The van der Waals surface area contributed by atoms with Gasteiger partial charge in [-0.2, -0.15) is 0 Å². The Hall–Kier alpha value is -4.70. The van der Waals surface area contributed by atoms with E-state index in [0.717, 1.165) is 16.9 Å². The predicted molar refractivity (Wildman–Crippen MR) is 147 cm³/mol. The second-order valence-corrected chi connectivity index (χ2v) is 8.78. The van der Waals surface area contributed by atoms with Crippen LogP contribution in [0.1, 0.15) is 0 Å². The van der Waals surface area contributed by atoms with E-state index in [9.17, 15) is 0 Å². The number of hydrogen-bond acceptors (Lipinski definition) is 2. The molecule has 0 saturated carbocycles. The SMILES string of the molecule is C=NCn1c2ccccc2c2cc(-c3cccc4c3c3ccccc3n4-c3ccccn3)ccc21. The fourth-order valence-electron chi connectivity index (χ4n) is 5.47. The van der Waals surface area contributed by atoms with Crippen LogP contribution < -0.4 is 0 Å². The topological polar surface area (TPSA) is 35.1 Å². The van der Waals surface area contributed by atoms with Crippen LogP contribution in [0.5, 0.6) is 0 Å². The van der Waals surface area contributed by atoms with E-state index in [2.05, 4.69) is 117 Å². The molecule has 166 valence electrons. The summed E-state index contributed by atoms with van der Waals surface area (Å²) in [6.07, 6.45) is 1.85. The van der Waals surface area contributed by atoms with Crippen LogP contribution in [0.4, 0.5) is 0 Å². The maximum atomic E-state index is 4.67. The maximum absolute atomic E-state index is 4.67. The smallest absolute Gasteiger partial charge is 0.137 e. The molecule has 0 fully saturated rings. The van der Waals surface area contributed by atoms with Crippen LogP contribution in [-0.2, 0) is 6.67 Å². The Kier molecular flexibility index (Phi) is 4.33. The molecule has 7 rings (SSSR count). The van der Waals surface area contributed by atoms with Crippen molar-refractivity contribution >= 4 is 50.3 Å². The van der Waals surface area contributed by atoms with Gasteiger partial charge in [0, 0.05) is 27.7 Å². The molecule has 0 spiro atoms. The highest BCUT2D eigenvalue weighted by Gasteiger charge is 2.17. The summed E-state index contributed by atoms with van der Waals surface area (Å²) in [4.78, 5) is 8.84. The molecule has 0 amide bonds. The van der Waals surface area contributed by atoms with Crippen molar-refractivity contribution in [1.29, 1.82) is 0 Å². The van der Waals surface area contributed by atoms with Gasteiger partial charge in [0.15, 0.2) is 0 Å². The summed E-state index contributed by atoms with van der Waals surface area (Å²) in [6, 6.07) is 36.5. The summed E-state index contributed by atoms with van der Waals surface area (Å²) in [5.41, 5.74) is 7.07. The monoisotopic (exact) mass is 450 g/mol. The Bertz CT molecular complexity index is 1890. The Balaban J connectivity index is 1.56. The standard InChI is InChI=1S/C31H22N4/c1-32-20-34-26-12-4-2-9-23(26)25-19-21(16-17-27(25)34)22-11-8-14-29-31(22)24-10-3-5-13-28(24)35(29)30-15-6-7-18-33-30/h2-19H,1,20H2. The first-order valence-corrected chi connectivity index (χ1v) is 11.7. The van der Waals surface area contributed by atoms with Crippen LogP contribution in [0.15, 0.2) is 114 Å². The Labute approximate surface area is 202 Å². The number of pyridine rings is 1. The molecule has 0 saturated heterocycles. The van der Waals surface area contributed by atoms with Crippen LogP contribution in [0.25, 0.3) is 60.6 Å². The molecule has 4 aromatic carbocycles. The number of hydrogen-bond donors (Lipinski definition) is 0. The summed E-state index contributed by atoms with van der Waals surface area (Å²) in [5.74, 6) is 0.922. The average Bonchev–Trinajstić information content (AvgIpc) is 3.42. The van der Waals surface area contributed by atoms with E-state index < -0.39 is 0 Å². The molecule has 0 aliphatic heterocycles. The van der Waals surface area contributed by atoms with Crippen molar-refractivity contribution in [1.82, 2.24) is 14.1 Å². The third-order valence-electron chi connectivity index (χ3n) is 6.90. The summed E-state index contributed by atoms with van der Waals surface area (Å²) in [7, 11) is 0. The average molecular weight is 451 g/mol. The van der Waals surface area contributed by atoms with E-state index in [4.69, 9.17) is 0 Å². The largest absolute Gasteiger partial charge is 0.320 e. The zero-order valence-electron chi connectivity index (χ0n) is 19.1. The Morgan fingerprint density at radius 2 is 1.40 bits per heavy atom. The van der Waals surface area contributed by atoms with E-state index in [1.807, 2.05) is 18.3 Å². The number of fused-ring (bicyclic) bond motifs is 6. The van der Waals surface area contributed by atoms with Crippen molar-refractivity contribution in [2.45, 2.75) is 6.67 Å². The Morgan fingerprint density at radius 1 is 0.657 bits per heavy atom. The molecule has 0 bridgehead atoms. The highest BCUT2D eigenvalue weighted by atomic mass is 15.1. The fraction of sp³-hybridized carbons (Fsp3) is 0.0323. The van der Waals surface area contributed by atoms with Crippen LogP contribution in [0, 0.1) is 0 Å². The summed E-state index contributed by atoms with van der Waals surface area (Å²) >= 11 is 0. The first kappa shape index (κ1) is 19.7. The van der Waals surface area contributed by atoms with Crippen molar-refractivity contribution in [2.75, 3.05) is 0 Å². The molecule has 0 N–H and O–H groups in total. The summed E-state index contributed by atoms with van der Waals surface area (Å²) < 4.78 is 4.49. The number of aliphatic imine (C=N–C) groups is 1. The second-order valence-electron chi connectivity index (χ2n) is 8.78. The van der Waals surface area contributed by atoms with Crippen molar-refractivity contribution in [3.05, 3.63) is 109 Å². The first-order valence-electron chi connectivity index (χ1n) is 11.7. The van der Waals surface area contributed by atoms with Crippen LogP contribution >= 0.6 is 0 Å². The lowest BCUT2D eigenvalue weighted by Crippen LogP contribution is -1.96. The molecular weight excluding hydrogens is 428 g/mol. The molecule has 0 radical (unpaired) electrons. The van der Waals surface area contributed by atoms with Gasteiger partial charge in [0.1, 0.15) is 12.5 Å². The minimum atomic E-state index is 0.538. The number of nitrogens with zero attached hydrogens (tertiary/aromatic N) is 4. The summed E-state index contributed by atoms with van der Waals surface area (Å²) in [5, 5.41) is 4.93. The third kappa shape index (κ3) is 2.87. The lowest BCUT2D eigenvalue weighted by molar-refractivity contribution is 0.799. The molecule has 0 aliphatic carbocycles. The van der Waals surface area contributed by atoms with E-state index >= 15 is 0 Å². The second kappa shape index (κ2) is 7.67. The first-order chi connectivity index (χ1) is 17.3. The summed E-state index contributed by atoms with van der Waals surface area (Å²) in [6.45, 7) is 4.26. The van der Waals surface area contributed by atoms with Crippen molar-refractivity contribution in [3.8, 4) is 16.9 Å². The van der Waals surface area contributed by atoms with Crippen LogP contribution in [0.2, 0.25) is 0 Å². The van der Waals surface area contributed by atoms with Crippen molar-refractivity contribution in [3.63, 3.8) is 0 Å². The van der Waals surface area contributed by atoms with Gasteiger partial charge in [-0.15, -0.1) is 0 Å². The van der Waals surface area contributed by atoms with Gasteiger partial charge >= 0.3 is 0 Å². The van der Waals surface area contributed by atoms with Crippen LogP contribution in [-0.4, -0.2) is 20.8 Å². The maximum Gasteiger partial charge on any atom is 0.137 e. The minimum Gasteiger partial charge on any atom is -0.320 e. The normalized spacial score (nSPS) is 11.7. The molecule has 3 aromatic heterocycles. The van der Waals surface area contributed by atoms with E-state index in [1.165, 1.54) is 43.7 Å². The van der Waals surface area contributed by atoms with E-state index in [0.29, 0.717) is 6.67 Å². The Morgan fingerprint density at radius 3 is 2.23 bits per heavy atom. The van der Waals surface area contributed by atoms with Gasteiger partial charge < -0.3 is 4.57 Å². The molecule has 0 atom stereocenters. The predicted octanol–water partition coefficient (Wildman–Crippen LogP) is 7.61. The van der Waals surface area contributed by atoms with E-state index in [-0.39, 0.29) is 0 Å². The van der Waals surface area contributed by atoms with Gasteiger partial charge in [0.25, 0.3) is 0 Å². The number of rotatable bonds is 4. The quantitative estimate of drug-likeness (QED) is 0.254. The van der Waals surface area contributed by atoms with Gasteiger partial charge in [-0.25, -0.2) is 4.98 Å². The molecule has 4 nitrogen and oxygen atoms in total. The van der Waals surface area contributed by atoms with Gasteiger partial charge in [-0.3, -0.25) is 9.56 Å². The van der Waals surface area contributed by atoms with Crippen molar-refractivity contribution in [2.24, 2.45) is 4.99 Å². The zero-order valence-corrected chi connectivity index (χ0v) is 19.1. The fourth-order valence-corrected chi connectivity index (χ4v) is 5.47. The molecule has 4 heteroatoms. The molecule has 3 heterocycles. The van der Waals surface area contributed by atoms with Crippen molar-refractivity contribution < 1.29 is 0 Å². The van der Waals surface area contributed by atoms with Crippen LogP contribution in [0.3, 0.4) is 0 Å². The molecular formula is C31H22N4. The minimum absolute atomic E-state index is 0.538. The van der Waals surface area contributed by atoms with Gasteiger partial charge in [-0.1, -0.05) is 60.7 Å². The van der Waals surface area contributed by atoms with E-state index in [1.54, 1.807) is 0 Å². The molecule has 0 unspecified atom stereocenters. The van der Waals surface area contributed by atoms with Gasteiger partial charge in [-0.05, 0) is 60.3 Å². The number of para-hydroxylation sites is 2.